The van der Waals surface area contributed by atoms with Gasteiger partial charge in [-0.3, -0.25) is 4.90 Å². The molecule has 0 saturated carbocycles. The molecule has 2 aliphatic rings. The second kappa shape index (κ2) is 8.23. The van der Waals surface area contributed by atoms with Gasteiger partial charge in [0.25, 0.3) is 0 Å². The first-order valence-corrected chi connectivity index (χ1v) is 9.99. The molecule has 1 fully saturated rings. The molecule has 1 unspecified atom stereocenters. The highest BCUT2D eigenvalue weighted by atomic mass is 16.3. The third-order valence-corrected chi connectivity index (χ3v) is 5.55. The van der Waals surface area contributed by atoms with Crippen LogP contribution in [0.2, 0.25) is 0 Å². The minimum atomic E-state index is -0.171. The van der Waals surface area contributed by atoms with Crippen molar-refractivity contribution >= 4 is 11.8 Å². The normalized spacial score (nSPS) is 19.6. The minimum Gasteiger partial charge on any atom is -0.393 e. The third kappa shape index (κ3) is 4.57. The van der Waals surface area contributed by atoms with Crippen LogP contribution in [0.15, 0.2) is 36.5 Å². The first-order chi connectivity index (χ1) is 13.2. The van der Waals surface area contributed by atoms with Gasteiger partial charge in [-0.25, -0.2) is 4.98 Å². The fourth-order valence-corrected chi connectivity index (χ4v) is 4.05. The Kier molecular flexibility index (Phi) is 5.55. The van der Waals surface area contributed by atoms with Crippen LogP contribution in [0.5, 0.6) is 0 Å². The maximum Gasteiger partial charge on any atom is 0.224 e. The van der Waals surface area contributed by atoms with E-state index in [1.807, 2.05) is 12.3 Å². The molecule has 4 rings (SSSR count). The van der Waals surface area contributed by atoms with E-state index in [0.29, 0.717) is 5.95 Å². The summed E-state index contributed by atoms with van der Waals surface area (Å²) in [5.41, 5.74) is 2.93. The van der Waals surface area contributed by atoms with Gasteiger partial charge in [0.1, 0.15) is 5.82 Å². The zero-order chi connectivity index (χ0) is 18.6. The van der Waals surface area contributed by atoms with Gasteiger partial charge < -0.3 is 15.3 Å². The van der Waals surface area contributed by atoms with Crippen LogP contribution in [0.25, 0.3) is 0 Å². The lowest BCUT2D eigenvalue weighted by molar-refractivity contribution is 0.145. The molecule has 0 radical (unpaired) electrons. The van der Waals surface area contributed by atoms with Crippen LogP contribution >= 0.6 is 0 Å². The maximum absolute atomic E-state index is 9.69. The van der Waals surface area contributed by atoms with Gasteiger partial charge in [0, 0.05) is 45.0 Å². The fourth-order valence-electron chi connectivity index (χ4n) is 4.05. The monoisotopic (exact) mass is 367 g/mol. The van der Waals surface area contributed by atoms with Crippen molar-refractivity contribution in [1.82, 2.24) is 14.9 Å². The molecule has 144 valence electrons. The van der Waals surface area contributed by atoms with Crippen molar-refractivity contribution < 1.29 is 5.11 Å². The number of piperidine rings is 1. The molecule has 2 aliphatic heterocycles. The molecule has 2 aromatic rings. The molecule has 3 heterocycles. The quantitative estimate of drug-likeness (QED) is 0.845. The molecule has 0 bridgehead atoms. The molecule has 1 aromatic carbocycles. The smallest absolute Gasteiger partial charge is 0.224 e. The summed E-state index contributed by atoms with van der Waals surface area (Å²) in [5, 5.41) is 13.1. The number of aliphatic hydroxyl groups is 1. The molecule has 6 nitrogen and oxygen atoms in total. The second-order valence-corrected chi connectivity index (χ2v) is 7.76. The van der Waals surface area contributed by atoms with Crippen molar-refractivity contribution in [2.24, 2.45) is 0 Å². The number of benzene rings is 1. The molecule has 6 heteroatoms. The number of aromatic nitrogens is 2. The zero-order valence-electron chi connectivity index (χ0n) is 16.0. The van der Waals surface area contributed by atoms with Crippen LogP contribution in [0, 0.1) is 0 Å². The van der Waals surface area contributed by atoms with Gasteiger partial charge in [0.2, 0.25) is 5.95 Å². The van der Waals surface area contributed by atoms with Gasteiger partial charge >= 0.3 is 0 Å². The van der Waals surface area contributed by atoms with Gasteiger partial charge in [-0.1, -0.05) is 24.3 Å². The van der Waals surface area contributed by atoms with Crippen molar-refractivity contribution in [1.29, 1.82) is 0 Å². The van der Waals surface area contributed by atoms with E-state index in [9.17, 15) is 5.11 Å². The maximum atomic E-state index is 9.69. The van der Waals surface area contributed by atoms with E-state index in [2.05, 4.69) is 51.3 Å². The molecule has 1 aromatic heterocycles. The third-order valence-electron chi connectivity index (χ3n) is 5.55. The Hall–Kier alpha value is -2.18. The lowest BCUT2D eigenvalue weighted by Crippen LogP contribution is -2.39. The largest absolute Gasteiger partial charge is 0.393 e. The Labute approximate surface area is 161 Å². The zero-order valence-corrected chi connectivity index (χ0v) is 16.0. The Bertz CT molecular complexity index is 760. The van der Waals surface area contributed by atoms with Crippen LogP contribution in [0.1, 0.15) is 30.9 Å². The lowest BCUT2D eigenvalue weighted by Gasteiger charge is -2.32. The van der Waals surface area contributed by atoms with Gasteiger partial charge in [-0.2, -0.15) is 4.98 Å². The first-order valence-electron chi connectivity index (χ1n) is 9.99. The fraction of sp³-hybridized carbons (Fsp3) is 0.524. The van der Waals surface area contributed by atoms with Gasteiger partial charge in [-0.05, 0) is 43.4 Å². The molecule has 1 saturated heterocycles. The van der Waals surface area contributed by atoms with Crippen molar-refractivity contribution in [2.45, 2.75) is 44.9 Å². The topological polar surface area (TPSA) is 64.5 Å². The molecular formula is C21H29N5O. The van der Waals surface area contributed by atoms with E-state index in [4.69, 9.17) is 4.98 Å². The van der Waals surface area contributed by atoms with Crippen molar-refractivity contribution in [2.75, 3.05) is 36.4 Å². The summed E-state index contributed by atoms with van der Waals surface area (Å²) in [6.45, 7) is 6.96. The van der Waals surface area contributed by atoms with E-state index in [1.54, 1.807) is 0 Å². The standard InChI is InChI=1S/C21H29N5O/c1-16(14-25-11-7-17-4-2-3-5-18(17)15-25)23-21-22-10-6-20(24-21)26-12-8-19(27)9-13-26/h2-6,10,16,19,27H,7-9,11-15H2,1H3,(H,22,23,24). The Morgan fingerprint density at radius 1 is 1.15 bits per heavy atom. The van der Waals surface area contributed by atoms with Crippen molar-refractivity contribution in [3.63, 3.8) is 0 Å². The summed E-state index contributed by atoms with van der Waals surface area (Å²) in [5.74, 6) is 1.63. The first kappa shape index (κ1) is 18.2. The van der Waals surface area contributed by atoms with Crippen LogP contribution in [0.3, 0.4) is 0 Å². The number of nitrogens with zero attached hydrogens (tertiary/aromatic N) is 4. The molecular weight excluding hydrogens is 338 g/mol. The summed E-state index contributed by atoms with van der Waals surface area (Å²) in [4.78, 5) is 13.8. The number of anilines is 2. The Balaban J connectivity index is 1.33. The average Bonchev–Trinajstić information content (AvgIpc) is 2.68. The Morgan fingerprint density at radius 2 is 1.93 bits per heavy atom. The van der Waals surface area contributed by atoms with Crippen LogP contribution in [-0.2, 0) is 13.0 Å². The highest BCUT2D eigenvalue weighted by molar-refractivity contribution is 5.43. The summed E-state index contributed by atoms with van der Waals surface area (Å²) in [6, 6.07) is 11.0. The molecule has 0 amide bonds. The summed E-state index contributed by atoms with van der Waals surface area (Å²) in [6.07, 6.45) is 4.38. The highest BCUT2D eigenvalue weighted by Gasteiger charge is 2.20. The summed E-state index contributed by atoms with van der Waals surface area (Å²) < 4.78 is 0. The number of fused-ring (bicyclic) bond motifs is 1. The SMILES string of the molecule is CC(CN1CCc2ccccc2C1)Nc1nccc(N2CCC(O)CC2)n1. The van der Waals surface area contributed by atoms with Crippen molar-refractivity contribution in [3.05, 3.63) is 47.7 Å². The summed E-state index contributed by atoms with van der Waals surface area (Å²) >= 11 is 0. The second-order valence-electron chi connectivity index (χ2n) is 7.76. The van der Waals surface area contributed by atoms with Gasteiger partial charge in [0.15, 0.2) is 0 Å². The molecule has 27 heavy (non-hydrogen) atoms. The number of aliphatic hydroxyl groups excluding tert-OH is 1. The number of rotatable bonds is 5. The highest BCUT2D eigenvalue weighted by Crippen LogP contribution is 2.20. The average molecular weight is 367 g/mol. The van der Waals surface area contributed by atoms with Crippen LogP contribution in [-0.4, -0.2) is 58.3 Å². The molecule has 2 N–H and O–H groups in total. The summed E-state index contributed by atoms with van der Waals surface area (Å²) in [7, 11) is 0. The van der Waals surface area contributed by atoms with Crippen molar-refractivity contribution in [3.8, 4) is 0 Å². The van der Waals surface area contributed by atoms with E-state index < -0.39 is 0 Å². The molecule has 0 aliphatic carbocycles. The van der Waals surface area contributed by atoms with Gasteiger partial charge in [-0.15, -0.1) is 0 Å². The van der Waals surface area contributed by atoms with E-state index >= 15 is 0 Å². The predicted molar refractivity (Wildman–Crippen MR) is 108 cm³/mol. The minimum absolute atomic E-state index is 0.171. The van der Waals surface area contributed by atoms with Crippen LogP contribution < -0.4 is 10.2 Å². The van der Waals surface area contributed by atoms with E-state index in [-0.39, 0.29) is 12.1 Å². The number of hydrogen-bond acceptors (Lipinski definition) is 6. The van der Waals surface area contributed by atoms with E-state index in [0.717, 1.165) is 57.8 Å². The molecule has 1 atom stereocenters. The number of hydrogen-bond donors (Lipinski definition) is 2. The number of nitrogens with one attached hydrogen (secondary N) is 1. The lowest BCUT2D eigenvalue weighted by atomic mass is 10.00. The van der Waals surface area contributed by atoms with Crippen LogP contribution in [0.4, 0.5) is 11.8 Å². The van der Waals surface area contributed by atoms with E-state index in [1.165, 1.54) is 11.1 Å². The molecule has 0 spiro atoms. The van der Waals surface area contributed by atoms with Gasteiger partial charge in [0.05, 0.1) is 6.10 Å². The Morgan fingerprint density at radius 3 is 2.74 bits per heavy atom. The predicted octanol–water partition coefficient (Wildman–Crippen LogP) is 2.30.